The highest BCUT2D eigenvalue weighted by atomic mass is 127. The van der Waals surface area contributed by atoms with E-state index in [9.17, 15) is 0 Å². The van der Waals surface area contributed by atoms with Crippen molar-refractivity contribution in [1.29, 1.82) is 5.41 Å². The molecule has 1 aromatic rings. The Hall–Kier alpha value is 0.330. The van der Waals surface area contributed by atoms with Crippen LogP contribution in [0.2, 0.25) is 0 Å². The van der Waals surface area contributed by atoms with Crippen LogP contribution in [-0.2, 0) is 0 Å². The first kappa shape index (κ1) is 12.8. The molecule has 86 valence electrons. The molecule has 0 aromatic heterocycles. The summed E-state index contributed by atoms with van der Waals surface area (Å²) < 4.78 is 1.05. The number of rotatable bonds is 5. The quantitative estimate of drug-likeness (QED) is 0.401. The van der Waals surface area contributed by atoms with E-state index in [1.165, 1.54) is 12.8 Å². The molecule has 0 spiro atoms. The first-order valence-corrected chi connectivity index (χ1v) is 10.1. The van der Waals surface area contributed by atoms with Crippen LogP contribution in [0.15, 0.2) is 22.7 Å². The third-order valence-corrected chi connectivity index (χ3v) is 4.34. The Labute approximate surface area is 119 Å². The van der Waals surface area contributed by atoms with E-state index in [0.29, 0.717) is 6.37 Å². The van der Waals surface area contributed by atoms with Gasteiger partial charge in [0.05, 0.1) is 0 Å². The Kier molecular flexibility index (Phi) is 4.62. The van der Waals surface area contributed by atoms with Crippen LogP contribution in [-0.4, -0.2) is 5.71 Å². The minimum Gasteiger partial charge on any atom is -0.358 e. The fraction of sp³-hybridized carbons (Fsp3) is 0.364. The second-order valence-electron chi connectivity index (χ2n) is 4.04. The van der Waals surface area contributed by atoms with Crippen LogP contribution in [0.1, 0.15) is 24.8 Å². The summed E-state index contributed by atoms with van der Waals surface area (Å²) in [5.74, 6) is 0.765. The first-order valence-electron chi connectivity index (χ1n) is 5.19. The molecular formula is C11H13BrIN2P. The number of halogens is 2. The molecule has 2 nitrogen and oxygen atoms in total. The van der Waals surface area contributed by atoms with Gasteiger partial charge in [-0.1, -0.05) is 15.9 Å². The SMILES string of the molecule is N=C(CC1CC1)c1cc(Br)ccc1NPI. The number of benzene rings is 1. The van der Waals surface area contributed by atoms with E-state index in [-0.39, 0.29) is 0 Å². The Morgan fingerprint density at radius 2 is 2.31 bits per heavy atom. The molecule has 5 heteroatoms. The smallest absolute Gasteiger partial charge is 0.0468 e. The van der Waals surface area contributed by atoms with Gasteiger partial charge in [-0.2, -0.15) is 0 Å². The van der Waals surface area contributed by atoms with Crippen LogP contribution in [0.5, 0.6) is 0 Å². The molecule has 2 rings (SSSR count). The topological polar surface area (TPSA) is 35.9 Å². The molecule has 1 aliphatic carbocycles. The average Bonchev–Trinajstić information content (AvgIpc) is 3.05. The van der Waals surface area contributed by atoms with Crippen molar-refractivity contribution in [1.82, 2.24) is 0 Å². The summed E-state index contributed by atoms with van der Waals surface area (Å²) in [6.07, 6.45) is 4.16. The molecule has 1 unspecified atom stereocenters. The molecule has 1 saturated carbocycles. The second kappa shape index (κ2) is 5.78. The van der Waals surface area contributed by atoms with E-state index in [1.807, 2.05) is 18.2 Å². The molecule has 1 aromatic carbocycles. The van der Waals surface area contributed by atoms with E-state index in [4.69, 9.17) is 5.41 Å². The van der Waals surface area contributed by atoms with Gasteiger partial charge < -0.3 is 10.5 Å². The fourth-order valence-electron chi connectivity index (χ4n) is 1.65. The van der Waals surface area contributed by atoms with Crippen LogP contribution >= 0.6 is 44.3 Å². The van der Waals surface area contributed by atoms with Crippen molar-refractivity contribution in [3.8, 4) is 0 Å². The molecule has 0 amide bonds. The van der Waals surface area contributed by atoms with Crippen molar-refractivity contribution in [2.24, 2.45) is 5.92 Å². The summed E-state index contributed by atoms with van der Waals surface area (Å²) in [6, 6.07) is 6.11. The van der Waals surface area contributed by atoms with Crippen LogP contribution in [0.3, 0.4) is 0 Å². The monoisotopic (exact) mass is 410 g/mol. The van der Waals surface area contributed by atoms with Crippen molar-refractivity contribution >= 4 is 55.7 Å². The van der Waals surface area contributed by atoms with Crippen molar-refractivity contribution in [3.05, 3.63) is 28.2 Å². The van der Waals surface area contributed by atoms with Gasteiger partial charge >= 0.3 is 0 Å². The van der Waals surface area contributed by atoms with Gasteiger partial charge in [-0.15, -0.1) is 0 Å². The van der Waals surface area contributed by atoms with E-state index in [0.717, 1.165) is 33.8 Å². The first-order chi connectivity index (χ1) is 7.70. The third-order valence-electron chi connectivity index (χ3n) is 2.68. The van der Waals surface area contributed by atoms with Gasteiger partial charge in [0.15, 0.2) is 0 Å². The maximum absolute atomic E-state index is 8.16. The van der Waals surface area contributed by atoms with Crippen molar-refractivity contribution in [2.45, 2.75) is 19.3 Å². The Morgan fingerprint density at radius 3 is 2.94 bits per heavy atom. The molecule has 0 heterocycles. The zero-order valence-corrected chi connectivity index (χ0v) is 13.4. The van der Waals surface area contributed by atoms with E-state index in [1.54, 1.807) is 0 Å². The van der Waals surface area contributed by atoms with Crippen molar-refractivity contribution in [3.63, 3.8) is 0 Å². The summed E-state index contributed by atoms with van der Waals surface area (Å²) in [7, 11) is 0. The highest BCUT2D eigenvalue weighted by molar-refractivity contribution is 14.2. The van der Waals surface area contributed by atoms with Crippen LogP contribution in [0, 0.1) is 11.3 Å². The molecule has 2 N–H and O–H groups in total. The highest BCUT2D eigenvalue weighted by Gasteiger charge is 2.24. The van der Waals surface area contributed by atoms with E-state index < -0.39 is 0 Å². The zero-order chi connectivity index (χ0) is 11.5. The van der Waals surface area contributed by atoms with Crippen LogP contribution in [0.25, 0.3) is 0 Å². The molecule has 1 fully saturated rings. The van der Waals surface area contributed by atoms with Gasteiger partial charge in [-0.05, 0) is 65.4 Å². The lowest BCUT2D eigenvalue weighted by Crippen LogP contribution is -2.03. The predicted molar refractivity (Wildman–Crippen MR) is 84.3 cm³/mol. The number of hydrogen-bond donors (Lipinski definition) is 2. The Morgan fingerprint density at radius 1 is 1.56 bits per heavy atom. The van der Waals surface area contributed by atoms with Gasteiger partial charge in [0, 0.05) is 27.8 Å². The number of anilines is 1. The number of hydrogen-bond acceptors (Lipinski definition) is 2. The van der Waals surface area contributed by atoms with E-state index in [2.05, 4.69) is 43.1 Å². The molecule has 16 heavy (non-hydrogen) atoms. The second-order valence-corrected chi connectivity index (χ2v) is 7.01. The maximum atomic E-state index is 8.16. The lowest BCUT2D eigenvalue weighted by molar-refractivity contribution is 0.890. The molecule has 0 radical (unpaired) electrons. The summed E-state index contributed by atoms with van der Waals surface area (Å²) in [6.45, 7) is 0. The third kappa shape index (κ3) is 3.41. The molecule has 0 bridgehead atoms. The van der Waals surface area contributed by atoms with Crippen molar-refractivity contribution in [2.75, 3.05) is 5.09 Å². The number of nitrogens with one attached hydrogen (secondary N) is 2. The van der Waals surface area contributed by atoms with Crippen LogP contribution < -0.4 is 5.09 Å². The summed E-state index contributed by atoms with van der Waals surface area (Å²) in [5.41, 5.74) is 2.90. The predicted octanol–water partition coefficient (Wildman–Crippen LogP) is 4.97. The van der Waals surface area contributed by atoms with Gasteiger partial charge in [0.25, 0.3) is 0 Å². The lowest BCUT2D eigenvalue weighted by atomic mass is 10.0. The van der Waals surface area contributed by atoms with Crippen molar-refractivity contribution < 1.29 is 0 Å². The molecule has 0 saturated heterocycles. The summed E-state index contributed by atoms with van der Waals surface area (Å²) in [5, 5.41) is 11.5. The zero-order valence-electron chi connectivity index (χ0n) is 8.69. The van der Waals surface area contributed by atoms with Gasteiger partial charge in [0.2, 0.25) is 0 Å². The van der Waals surface area contributed by atoms with Gasteiger partial charge in [-0.25, -0.2) is 0 Å². The maximum Gasteiger partial charge on any atom is 0.0468 e. The van der Waals surface area contributed by atoms with Gasteiger partial charge in [0.1, 0.15) is 0 Å². The normalized spacial score (nSPS) is 15.6. The standard InChI is InChI=1S/C11H13BrIN2P/c12-8-3-4-11(15-16-13)9(6-8)10(14)5-7-1-2-7/h3-4,6-7,14-16H,1-2,5H2. The largest absolute Gasteiger partial charge is 0.358 e. The fourth-order valence-corrected chi connectivity index (χ4v) is 3.20. The minimum absolute atomic E-state index is 0.641. The molecule has 1 atom stereocenters. The Bertz CT molecular complexity index is 407. The summed E-state index contributed by atoms with van der Waals surface area (Å²) >= 11 is 5.79. The molecule has 0 aliphatic heterocycles. The molecular weight excluding hydrogens is 398 g/mol. The molecule has 1 aliphatic rings. The highest BCUT2D eigenvalue weighted by Crippen LogP contribution is 2.36. The van der Waals surface area contributed by atoms with E-state index >= 15 is 0 Å². The summed E-state index contributed by atoms with van der Waals surface area (Å²) in [4.78, 5) is 0. The Balaban J connectivity index is 2.20. The lowest BCUT2D eigenvalue weighted by Gasteiger charge is -2.11. The minimum atomic E-state index is 0.641. The van der Waals surface area contributed by atoms with Crippen LogP contribution in [0.4, 0.5) is 5.69 Å². The van der Waals surface area contributed by atoms with Gasteiger partial charge in [-0.3, -0.25) is 0 Å². The average molecular weight is 411 g/mol.